The first kappa shape index (κ1) is 11.7. The van der Waals surface area contributed by atoms with Crippen LogP contribution in [0.4, 0.5) is 0 Å². The van der Waals surface area contributed by atoms with E-state index in [1.807, 2.05) is 0 Å². The van der Waals surface area contributed by atoms with Gasteiger partial charge in [0.05, 0.1) is 18.3 Å². The van der Waals surface area contributed by atoms with Crippen LogP contribution < -0.4 is 0 Å². The van der Waals surface area contributed by atoms with E-state index in [0.717, 1.165) is 19.4 Å². The Balaban J connectivity index is 1.96. The highest BCUT2D eigenvalue weighted by Gasteiger charge is 2.43. The first-order chi connectivity index (χ1) is 7.16. The average Bonchev–Trinajstić information content (AvgIpc) is 2.76. The Kier molecular flexibility index (Phi) is 3.59. The fraction of sp³-hybridized carbons (Fsp3) is 1.00. The molecule has 0 aromatic heterocycles. The molecule has 2 saturated heterocycles. The Morgan fingerprint density at radius 1 is 1.33 bits per heavy atom. The van der Waals surface area contributed by atoms with E-state index in [9.17, 15) is 0 Å². The lowest BCUT2D eigenvalue weighted by Crippen LogP contribution is -2.34. The summed E-state index contributed by atoms with van der Waals surface area (Å²) in [5.41, 5.74) is 0.163. The fourth-order valence-corrected chi connectivity index (χ4v) is 3.27. The minimum atomic E-state index is 0.163. The number of alkyl halides is 1. The average molecular weight is 233 g/mol. The highest BCUT2D eigenvalue weighted by molar-refractivity contribution is 6.18. The van der Waals surface area contributed by atoms with Crippen molar-refractivity contribution < 1.29 is 9.47 Å². The van der Waals surface area contributed by atoms with E-state index in [0.29, 0.717) is 18.1 Å². The van der Waals surface area contributed by atoms with Crippen molar-refractivity contribution in [1.82, 2.24) is 0 Å². The van der Waals surface area contributed by atoms with Crippen LogP contribution in [0.25, 0.3) is 0 Å². The Morgan fingerprint density at radius 3 is 2.60 bits per heavy atom. The van der Waals surface area contributed by atoms with Crippen LogP contribution in [-0.2, 0) is 9.47 Å². The quantitative estimate of drug-likeness (QED) is 0.697. The Labute approximate surface area is 97.3 Å². The van der Waals surface area contributed by atoms with Crippen molar-refractivity contribution in [2.45, 2.75) is 57.8 Å². The van der Waals surface area contributed by atoms with Crippen molar-refractivity contribution in [3.63, 3.8) is 0 Å². The third-order valence-corrected chi connectivity index (χ3v) is 4.58. The van der Waals surface area contributed by atoms with Crippen molar-refractivity contribution in [3.8, 4) is 0 Å². The molecule has 2 fully saturated rings. The van der Waals surface area contributed by atoms with Crippen molar-refractivity contribution in [2.75, 3.05) is 12.5 Å². The van der Waals surface area contributed by atoms with Gasteiger partial charge in [0.1, 0.15) is 0 Å². The highest BCUT2D eigenvalue weighted by atomic mass is 35.5. The SMILES string of the molecule is CC1CCC(CC2(CCl)CCOC2C)O1. The molecule has 2 rings (SSSR count). The van der Waals surface area contributed by atoms with Gasteiger partial charge in [0.2, 0.25) is 0 Å². The minimum Gasteiger partial charge on any atom is -0.378 e. The third-order valence-electron chi connectivity index (χ3n) is 4.05. The molecule has 0 aliphatic carbocycles. The first-order valence-corrected chi connectivity index (χ1v) is 6.53. The molecule has 0 N–H and O–H groups in total. The summed E-state index contributed by atoms with van der Waals surface area (Å²) < 4.78 is 11.5. The predicted molar refractivity (Wildman–Crippen MR) is 61.4 cm³/mol. The van der Waals surface area contributed by atoms with Gasteiger partial charge in [-0.1, -0.05) is 0 Å². The lowest BCUT2D eigenvalue weighted by atomic mass is 9.78. The molecule has 3 heteroatoms. The van der Waals surface area contributed by atoms with Gasteiger partial charge in [0.25, 0.3) is 0 Å². The largest absolute Gasteiger partial charge is 0.378 e. The molecule has 2 nitrogen and oxygen atoms in total. The smallest absolute Gasteiger partial charge is 0.0616 e. The van der Waals surface area contributed by atoms with E-state index >= 15 is 0 Å². The molecular weight excluding hydrogens is 212 g/mol. The summed E-state index contributed by atoms with van der Waals surface area (Å²) in [5, 5.41) is 0. The maximum absolute atomic E-state index is 6.14. The normalized spacial score (nSPS) is 46.2. The molecule has 0 aromatic rings. The summed E-state index contributed by atoms with van der Waals surface area (Å²) in [4.78, 5) is 0. The number of rotatable bonds is 3. The summed E-state index contributed by atoms with van der Waals surface area (Å²) in [6.45, 7) is 5.16. The second-order valence-electron chi connectivity index (χ2n) is 5.11. The van der Waals surface area contributed by atoms with Gasteiger partial charge in [-0.2, -0.15) is 0 Å². The second kappa shape index (κ2) is 4.60. The maximum atomic E-state index is 6.14. The molecule has 0 bridgehead atoms. The molecule has 88 valence electrons. The zero-order valence-electron chi connectivity index (χ0n) is 9.67. The molecule has 4 atom stereocenters. The van der Waals surface area contributed by atoms with Gasteiger partial charge < -0.3 is 9.47 Å². The summed E-state index contributed by atoms with van der Waals surface area (Å²) >= 11 is 6.14. The third kappa shape index (κ3) is 2.32. The van der Waals surface area contributed by atoms with E-state index in [-0.39, 0.29) is 11.5 Å². The number of ether oxygens (including phenoxy) is 2. The second-order valence-corrected chi connectivity index (χ2v) is 5.38. The molecule has 2 aliphatic rings. The zero-order chi connectivity index (χ0) is 10.9. The fourth-order valence-electron chi connectivity index (χ4n) is 2.81. The Hall–Kier alpha value is 0.210. The van der Waals surface area contributed by atoms with E-state index in [4.69, 9.17) is 21.1 Å². The molecule has 15 heavy (non-hydrogen) atoms. The van der Waals surface area contributed by atoms with Crippen LogP contribution in [0.3, 0.4) is 0 Å². The monoisotopic (exact) mass is 232 g/mol. The lowest BCUT2D eigenvalue weighted by Gasteiger charge is -2.32. The number of hydrogen-bond acceptors (Lipinski definition) is 2. The number of halogens is 1. The minimum absolute atomic E-state index is 0.163. The van der Waals surface area contributed by atoms with Gasteiger partial charge in [-0.15, -0.1) is 11.6 Å². The molecular formula is C12H21ClO2. The van der Waals surface area contributed by atoms with Gasteiger partial charge in [-0.3, -0.25) is 0 Å². The predicted octanol–water partition coefficient (Wildman–Crippen LogP) is 2.98. The van der Waals surface area contributed by atoms with Crippen LogP contribution in [0, 0.1) is 5.41 Å². The van der Waals surface area contributed by atoms with E-state index in [1.54, 1.807) is 0 Å². The Morgan fingerprint density at radius 2 is 2.13 bits per heavy atom. The van der Waals surface area contributed by atoms with Crippen LogP contribution in [0.1, 0.15) is 39.5 Å². The van der Waals surface area contributed by atoms with Gasteiger partial charge in [0.15, 0.2) is 0 Å². The van der Waals surface area contributed by atoms with Crippen molar-refractivity contribution in [3.05, 3.63) is 0 Å². The van der Waals surface area contributed by atoms with Crippen molar-refractivity contribution in [1.29, 1.82) is 0 Å². The van der Waals surface area contributed by atoms with Gasteiger partial charge in [-0.05, 0) is 39.5 Å². The van der Waals surface area contributed by atoms with Crippen LogP contribution in [0.15, 0.2) is 0 Å². The highest BCUT2D eigenvalue weighted by Crippen LogP contribution is 2.42. The van der Waals surface area contributed by atoms with E-state index in [1.165, 1.54) is 12.8 Å². The molecule has 0 amide bonds. The number of hydrogen-bond donors (Lipinski definition) is 0. The van der Waals surface area contributed by atoms with E-state index < -0.39 is 0 Å². The molecule has 2 aliphatic heterocycles. The maximum Gasteiger partial charge on any atom is 0.0616 e. The molecule has 2 heterocycles. The zero-order valence-corrected chi connectivity index (χ0v) is 10.4. The van der Waals surface area contributed by atoms with Gasteiger partial charge >= 0.3 is 0 Å². The summed E-state index contributed by atoms with van der Waals surface area (Å²) in [7, 11) is 0. The van der Waals surface area contributed by atoms with Crippen LogP contribution in [0.5, 0.6) is 0 Å². The Bertz CT molecular complexity index is 222. The van der Waals surface area contributed by atoms with Crippen LogP contribution in [0.2, 0.25) is 0 Å². The van der Waals surface area contributed by atoms with Crippen LogP contribution >= 0.6 is 11.6 Å². The molecule has 0 saturated carbocycles. The molecule has 0 radical (unpaired) electrons. The molecule has 4 unspecified atom stereocenters. The summed E-state index contributed by atoms with van der Waals surface area (Å²) in [5.74, 6) is 0.697. The van der Waals surface area contributed by atoms with E-state index in [2.05, 4.69) is 13.8 Å². The summed E-state index contributed by atoms with van der Waals surface area (Å²) in [6, 6.07) is 0. The lowest BCUT2D eigenvalue weighted by molar-refractivity contribution is 0.00277. The molecule has 0 spiro atoms. The van der Waals surface area contributed by atoms with Gasteiger partial charge in [-0.25, -0.2) is 0 Å². The first-order valence-electron chi connectivity index (χ1n) is 5.99. The van der Waals surface area contributed by atoms with Crippen LogP contribution in [-0.4, -0.2) is 30.8 Å². The van der Waals surface area contributed by atoms with Crippen molar-refractivity contribution >= 4 is 11.6 Å². The van der Waals surface area contributed by atoms with Gasteiger partial charge in [0, 0.05) is 17.9 Å². The summed E-state index contributed by atoms with van der Waals surface area (Å²) in [6.07, 6.45) is 5.66. The van der Waals surface area contributed by atoms with Crippen molar-refractivity contribution in [2.24, 2.45) is 5.41 Å². The molecule has 0 aromatic carbocycles. The standard InChI is InChI=1S/C12H21ClO2/c1-9-3-4-11(15-9)7-12(8-13)5-6-14-10(12)2/h9-11H,3-8H2,1-2H3. The topological polar surface area (TPSA) is 18.5 Å².